The molecule has 0 saturated carbocycles. The van der Waals surface area contributed by atoms with Crippen LogP contribution in [0.15, 0.2) is 71.7 Å². The second kappa shape index (κ2) is 13.4. The van der Waals surface area contributed by atoms with Crippen LogP contribution in [0.4, 0.5) is 0 Å². The summed E-state index contributed by atoms with van der Waals surface area (Å²) in [6.07, 6.45) is 0.542. The van der Waals surface area contributed by atoms with E-state index >= 15 is 0 Å². The zero-order valence-electron chi connectivity index (χ0n) is 25.0. The lowest BCUT2D eigenvalue weighted by atomic mass is 9.80. The molecule has 234 valence electrons. The SMILES string of the molecule is COc1ccc2c(c1)C(c1ccc(Cl)cc1)=N[C@@H](CC(=O)NCC(=O)NCCc1cc3ccc(B(O)O)cc3s1)c1nnc(C)n1-2. The Morgan fingerprint density at radius 3 is 2.59 bits per heavy atom. The van der Waals surface area contributed by atoms with Gasteiger partial charge in [0.05, 0.1) is 31.5 Å². The van der Waals surface area contributed by atoms with Crippen molar-refractivity contribution in [3.63, 3.8) is 0 Å². The minimum atomic E-state index is -1.52. The Bertz CT molecular complexity index is 1960. The van der Waals surface area contributed by atoms with Crippen LogP contribution in [0.25, 0.3) is 15.8 Å². The number of nitrogens with one attached hydrogen (secondary N) is 2. The Morgan fingerprint density at radius 1 is 1.02 bits per heavy atom. The first kappa shape index (κ1) is 31.4. The molecule has 2 aromatic heterocycles. The van der Waals surface area contributed by atoms with E-state index in [1.54, 1.807) is 31.4 Å². The van der Waals surface area contributed by atoms with Crippen LogP contribution in [0, 0.1) is 6.92 Å². The largest absolute Gasteiger partial charge is 0.497 e. The number of aryl methyl sites for hydroxylation is 1. The number of halogens is 1. The van der Waals surface area contributed by atoms with Crippen molar-refractivity contribution in [2.45, 2.75) is 25.8 Å². The van der Waals surface area contributed by atoms with Gasteiger partial charge in [0.2, 0.25) is 11.8 Å². The van der Waals surface area contributed by atoms with E-state index in [1.807, 2.05) is 54.0 Å². The molecule has 5 aromatic rings. The number of fused-ring (bicyclic) bond motifs is 4. The summed E-state index contributed by atoms with van der Waals surface area (Å²) < 4.78 is 8.35. The number of benzene rings is 3. The number of carbonyl (C=O) groups excluding carboxylic acids is 2. The minimum Gasteiger partial charge on any atom is -0.497 e. The third-order valence-corrected chi connectivity index (χ3v) is 9.07. The van der Waals surface area contributed by atoms with Gasteiger partial charge in [-0.25, -0.2) is 0 Å². The van der Waals surface area contributed by atoms with E-state index in [0.29, 0.717) is 46.6 Å². The number of aromatic nitrogens is 3. The maximum Gasteiger partial charge on any atom is 0.488 e. The average Bonchev–Trinajstić information content (AvgIpc) is 3.61. The standard InChI is InChI=1S/C32H30BClN6O5S/c1-18-38-39-32-26(37-31(19-4-7-22(34)8-5-19)25-15-23(45-2)9-10-27(25)40(18)32)16-29(41)36-17-30(42)35-12-11-24-13-20-3-6-21(33(43)44)14-28(20)46-24/h3-10,13-15,26,43-44H,11-12,16-17H2,1-2H3,(H,35,42)(H,36,41)/t26-/m0/s1. The molecule has 0 spiro atoms. The van der Waals surface area contributed by atoms with Gasteiger partial charge in [0.1, 0.15) is 17.6 Å². The number of rotatable bonds is 10. The number of thiophene rings is 1. The molecular formula is C32H30BClN6O5S. The number of nitrogens with zero attached hydrogens (tertiary/aromatic N) is 4. The van der Waals surface area contributed by atoms with Crippen LogP contribution in [0.2, 0.25) is 5.02 Å². The summed E-state index contributed by atoms with van der Waals surface area (Å²) in [6, 6.07) is 19.6. The van der Waals surface area contributed by atoms with Gasteiger partial charge in [-0.2, -0.15) is 0 Å². The van der Waals surface area contributed by atoms with Crippen molar-refractivity contribution >= 4 is 63.1 Å². The highest BCUT2D eigenvalue weighted by atomic mass is 35.5. The number of hydrogen-bond donors (Lipinski definition) is 4. The molecule has 0 aliphatic carbocycles. The number of amides is 2. The maximum absolute atomic E-state index is 13.2. The summed E-state index contributed by atoms with van der Waals surface area (Å²) in [5.74, 6) is 1.13. The number of carbonyl (C=O) groups is 2. The first-order valence-corrected chi connectivity index (χ1v) is 15.8. The molecule has 1 aliphatic heterocycles. The molecule has 4 N–H and O–H groups in total. The summed E-state index contributed by atoms with van der Waals surface area (Å²) in [5, 5.41) is 34.7. The zero-order valence-corrected chi connectivity index (χ0v) is 26.6. The van der Waals surface area contributed by atoms with Gasteiger partial charge in [-0.1, -0.05) is 35.9 Å². The van der Waals surface area contributed by atoms with Crippen LogP contribution in [-0.2, 0) is 16.0 Å². The van der Waals surface area contributed by atoms with Gasteiger partial charge < -0.3 is 25.4 Å². The molecule has 1 atom stereocenters. The molecule has 2 amide bonds. The molecule has 0 bridgehead atoms. The summed E-state index contributed by atoms with van der Waals surface area (Å²) >= 11 is 7.71. The summed E-state index contributed by atoms with van der Waals surface area (Å²) in [5.41, 5.74) is 3.49. The first-order valence-electron chi connectivity index (χ1n) is 14.6. The van der Waals surface area contributed by atoms with Gasteiger partial charge in [0.25, 0.3) is 0 Å². The van der Waals surface area contributed by atoms with Crippen molar-refractivity contribution in [2.75, 3.05) is 20.2 Å². The Kier molecular flexibility index (Phi) is 9.18. The lowest BCUT2D eigenvalue weighted by molar-refractivity contribution is -0.126. The predicted molar refractivity (Wildman–Crippen MR) is 178 cm³/mol. The fraction of sp³-hybridized carbons (Fsp3) is 0.219. The third kappa shape index (κ3) is 6.68. The lowest BCUT2D eigenvalue weighted by Gasteiger charge is -2.14. The molecule has 3 aromatic carbocycles. The smallest absolute Gasteiger partial charge is 0.488 e. The van der Waals surface area contributed by atoms with Gasteiger partial charge >= 0.3 is 7.12 Å². The highest BCUT2D eigenvalue weighted by molar-refractivity contribution is 7.19. The van der Waals surface area contributed by atoms with Gasteiger partial charge in [-0.05, 0) is 66.7 Å². The fourth-order valence-corrected chi connectivity index (χ4v) is 6.62. The van der Waals surface area contributed by atoms with Crippen LogP contribution < -0.4 is 20.8 Å². The molecule has 14 heteroatoms. The Labute approximate surface area is 274 Å². The van der Waals surface area contributed by atoms with Gasteiger partial charge in [0.15, 0.2) is 5.82 Å². The van der Waals surface area contributed by atoms with Crippen molar-refractivity contribution in [1.29, 1.82) is 0 Å². The van der Waals surface area contributed by atoms with Crippen molar-refractivity contribution < 1.29 is 24.4 Å². The Hall–Kier alpha value is -4.56. The Balaban J connectivity index is 1.14. The van der Waals surface area contributed by atoms with E-state index < -0.39 is 13.2 Å². The van der Waals surface area contributed by atoms with E-state index in [9.17, 15) is 19.6 Å². The van der Waals surface area contributed by atoms with Crippen LogP contribution >= 0.6 is 22.9 Å². The number of hydrogen-bond acceptors (Lipinski definition) is 9. The van der Waals surface area contributed by atoms with Gasteiger partial charge in [-0.15, -0.1) is 21.5 Å². The zero-order chi connectivity index (χ0) is 32.4. The summed E-state index contributed by atoms with van der Waals surface area (Å²) in [7, 11) is 0.0774. The highest BCUT2D eigenvalue weighted by Gasteiger charge is 2.30. The summed E-state index contributed by atoms with van der Waals surface area (Å²) in [6.45, 7) is 2.04. The van der Waals surface area contributed by atoms with Crippen molar-refractivity contribution in [2.24, 2.45) is 4.99 Å². The molecule has 46 heavy (non-hydrogen) atoms. The van der Waals surface area contributed by atoms with Crippen LogP contribution in [0.5, 0.6) is 5.75 Å². The monoisotopic (exact) mass is 656 g/mol. The normalized spacial score (nSPS) is 13.8. The predicted octanol–water partition coefficient (Wildman–Crippen LogP) is 2.89. The molecule has 0 saturated heterocycles. The van der Waals surface area contributed by atoms with Crippen LogP contribution in [0.3, 0.4) is 0 Å². The minimum absolute atomic E-state index is 0.0556. The molecule has 1 aliphatic rings. The molecule has 6 rings (SSSR count). The van der Waals surface area contributed by atoms with Crippen molar-refractivity contribution in [3.05, 3.63) is 99.4 Å². The van der Waals surface area contributed by atoms with E-state index in [2.05, 4.69) is 20.8 Å². The lowest BCUT2D eigenvalue weighted by Crippen LogP contribution is -2.38. The second-order valence-electron chi connectivity index (χ2n) is 10.8. The second-order valence-corrected chi connectivity index (χ2v) is 12.4. The van der Waals surface area contributed by atoms with E-state index in [0.717, 1.165) is 31.8 Å². The topological polar surface area (TPSA) is 151 Å². The third-order valence-electron chi connectivity index (χ3n) is 7.66. The molecular weight excluding hydrogens is 627 g/mol. The molecule has 11 nitrogen and oxygen atoms in total. The van der Waals surface area contributed by atoms with Crippen LogP contribution in [-0.4, -0.2) is 69.7 Å². The highest BCUT2D eigenvalue weighted by Crippen LogP contribution is 2.34. The van der Waals surface area contributed by atoms with Crippen LogP contribution in [0.1, 0.15) is 40.1 Å². The summed E-state index contributed by atoms with van der Waals surface area (Å²) in [4.78, 5) is 31.9. The molecule has 0 unspecified atom stereocenters. The first-order chi connectivity index (χ1) is 22.2. The van der Waals surface area contributed by atoms with Gasteiger partial charge in [-0.3, -0.25) is 19.1 Å². The van der Waals surface area contributed by atoms with Gasteiger partial charge in [0, 0.05) is 32.3 Å². The van der Waals surface area contributed by atoms with Crippen molar-refractivity contribution in [3.8, 4) is 11.4 Å². The van der Waals surface area contributed by atoms with E-state index in [1.165, 1.54) is 11.3 Å². The number of aliphatic imine (C=N–C) groups is 1. The number of ether oxygens (including phenoxy) is 1. The fourth-order valence-electron chi connectivity index (χ4n) is 5.38. The Morgan fingerprint density at radius 2 is 1.83 bits per heavy atom. The van der Waals surface area contributed by atoms with E-state index in [4.69, 9.17) is 21.3 Å². The number of methoxy groups -OCH3 is 1. The maximum atomic E-state index is 13.2. The average molecular weight is 657 g/mol. The molecule has 3 heterocycles. The molecule has 0 fully saturated rings. The van der Waals surface area contributed by atoms with E-state index in [-0.39, 0.29) is 24.8 Å². The quantitative estimate of drug-likeness (QED) is 0.169. The van der Waals surface area contributed by atoms with Crippen molar-refractivity contribution in [1.82, 2.24) is 25.4 Å². The molecule has 0 radical (unpaired) electrons.